The molecule has 4 heterocycles. The highest BCUT2D eigenvalue weighted by Gasteiger charge is 2.32. The van der Waals surface area contributed by atoms with Crippen LogP contribution in [-0.2, 0) is 6.18 Å². The van der Waals surface area contributed by atoms with Crippen molar-refractivity contribution in [3.05, 3.63) is 34.8 Å². The summed E-state index contributed by atoms with van der Waals surface area (Å²) >= 11 is 2.76. The van der Waals surface area contributed by atoms with E-state index in [1.54, 1.807) is 0 Å². The van der Waals surface area contributed by atoms with Crippen molar-refractivity contribution in [2.24, 2.45) is 4.99 Å². The molecule has 0 spiro atoms. The Labute approximate surface area is 160 Å². The molecule has 0 bridgehead atoms. The highest BCUT2D eigenvalue weighted by atomic mass is 32.1. The molecule has 0 aromatic carbocycles. The number of halogens is 3. The highest BCUT2D eigenvalue weighted by Crippen LogP contribution is 2.32. The molecule has 140 valence electrons. The first-order valence-corrected chi connectivity index (χ1v) is 9.75. The Morgan fingerprint density at radius 1 is 1.07 bits per heavy atom. The summed E-state index contributed by atoms with van der Waals surface area (Å²) in [4.78, 5) is 16.8. The van der Waals surface area contributed by atoms with Crippen LogP contribution in [0.5, 0.6) is 0 Å². The molecule has 0 unspecified atom stereocenters. The number of thiazole rings is 2. The topological polar surface area (TPSA) is 75.1 Å². The van der Waals surface area contributed by atoms with Gasteiger partial charge in [-0.15, -0.1) is 22.7 Å². The van der Waals surface area contributed by atoms with E-state index in [2.05, 4.69) is 30.6 Å². The van der Waals surface area contributed by atoms with Gasteiger partial charge in [0.25, 0.3) is 0 Å². The van der Waals surface area contributed by atoms with Gasteiger partial charge in [-0.3, -0.25) is 9.98 Å². The van der Waals surface area contributed by atoms with Crippen molar-refractivity contribution in [2.75, 3.05) is 18.4 Å². The fraction of sp³-hybridized carbons (Fsp3) is 0.250. The number of nitrogens with one attached hydrogen (secondary N) is 2. The lowest BCUT2D eigenvalue weighted by atomic mass is 10.2. The summed E-state index contributed by atoms with van der Waals surface area (Å²) in [6, 6.07) is 2.33. The molecule has 0 aliphatic carbocycles. The SMILES string of the molecule is FC(F)(F)c1ccc(-c2nc(-c3csc(NC4=NCCCN4)n3)cs2)cn1. The smallest absolute Gasteiger partial charge is 0.356 e. The number of pyridine rings is 1. The molecule has 11 heteroatoms. The van der Waals surface area contributed by atoms with Crippen LogP contribution in [0.15, 0.2) is 34.1 Å². The normalized spacial score (nSPS) is 14.6. The summed E-state index contributed by atoms with van der Waals surface area (Å²) in [7, 11) is 0. The summed E-state index contributed by atoms with van der Waals surface area (Å²) in [5.41, 5.74) is 0.977. The van der Waals surface area contributed by atoms with E-state index >= 15 is 0 Å². The number of nitrogens with zero attached hydrogens (tertiary/aromatic N) is 4. The first-order valence-electron chi connectivity index (χ1n) is 7.99. The molecule has 3 aromatic rings. The Hall–Kier alpha value is -2.53. The van der Waals surface area contributed by atoms with Crippen LogP contribution < -0.4 is 10.6 Å². The zero-order valence-corrected chi connectivity index (χ0v) is 15.4. The van der Waals surface area contributed by atoms with Crippen molar-refractivity contribution >= 4 is 33.8 Å². The van der Waals surface area contributed by atoms with Crippen LogP contribution in [0.3, 0.4) is 0 Å². The third-order valence-electron chi connectivity index (χ3n) is 3.69. The number of aromatic nitrogens is 3. The van der Waals surface area contributed by atoms with Crippen LogP contribution in [0.2, 0.25) is 0 Å². The zero-order chi connectivity index (χ0) is 18.9. The summed E-state index contributed by atoms with van der Waals surface area (Å²) < 4.78 is 37.8. The van der Waals surface area contributed by atoms with Crippen LogP contribution in [0, 0.1) is 0 Å². The lowest BCUT2D eigenvalue weighted by Crippen LogP contribution is -2.35. The van der Waals surface area contributed by atoms with Crippen LogP contribution in [-0.4, -0.2) is 34.0 Å². The van der Waals surface area contributed by atoms with E-state index in [0.29, 0.717) is 33.1 Å². The van der Waals surface area contributed by atoms with Gasteiger partial charge >= 0.3 is 6.18 Å². The number of rotatable bonds is 3. The molecule has 1 aliphatic rings. The molecule has 0 atom stereocenters. The van der Waals surface area contributed by atoms with Crippen molar-refractivity contribution in [2.45, 2.75) is 12.6 Å². The van der Waals surface area contributed by atoms with E-state index in [1.807, 2.05) is 10.8 Å². The molecule has 6 nitrogen and oxygen atoms in total. The second kappa shape index (κ2) is 7.24. The number of alkyl halides is 3. The molecule has 0 fully saturated rings. The van der Waals surface area contributed by atoms with E-state index < -0.39 is 11.9 Å². The molecule has 4 rings (SSSR count). The average molecular weight is 410 g/mol. The quantitative estimate of drug-likeness (QED) is 0.680. The first-order chi connectivity index (χ1) is 13.0. The molecule has 3 aromatic heterocycles. The minimum Gasteiger partial charge on any atom is -0.356 e. The van der Waals surface area contributed by atoms with Crippen molar-refractivity contribution in [3.63, 3.8) is 0 Å². The van der Waals surface area contributed by atoms with Gasteiger partial charge in [0, 0.05) is 35.6 Å². The molecule has 2 N–H and O–H groups in total. The lowest BCUT2D eigenvalue weighted by Gasteiger charge is -2.13. The maximum Gasteiger partial charge on any atom is 0.433 e. The van der Waals surface area contributed by atoms with Gasteiger partial charge in [0.05, 0.1) is 0 Å². The Morgan fingerprint density at radius 3 is 2.59 bits per heavy atom. The van der Waals surface area contributed by atoms with Crippen LogP contribution >= 0.6 is 22.7 Å². The monoisotopic (exact) mass is 410 g/mol. The van der Waals surface area contributed by atoms with E-state index in [1.165, 1.54) is 34.9 Å². The molecule has 0 radical (unpaired) electrons. The fourth-order valence-corrected chi connectivity index (χ4v) is 3.89. The van der Waals surface area contributed by atoms with Crippen molar-refractivity contribution < 1.29 is 13.2 Å². The van der Waals surface area contributed by atoms with Gasteiger partial charge < -0.3 is 10.6 Å². The third-order valence-corrected chi connectivity index (χ3v) is 5.34. The van der Waals surface area contributed by atoms with Gasteiger partial charge in [0.15, 0.2) is 11.1 Å². The standard InChI is InChI=1S/C16H13F3N6S2/c17-16(18,19)12-3-2-9(6-22-12)13-23-10(7-26-13)11-8-27-15(24-11)25-14-20-4-1-5-21-14/h2-3,6-8H,1,4-5H2,(H2,20,21,24,25). The molecule has 0 saturated heterocycles. The summed E-state index contributed by atoms with van der Waals surface area (Å²) in [6.07, 6.45) is -2.25. The van der Waals surface area contributed by atoms with Crippen LogP contribution in [0.4, 0.5) is 18.3 Å². The maximum absolute atomic E-state index is 12.6. The summed E-state index contributed by atoms with van der Waals surface area (Å²) in [5, 5.41) is 11.3. The Morgan fingerprint density at radius 2 is 1.89 bits per heavy atom. The van der Waals surface area contributed by atoms with Gasteiger partial charge in [0.2, 0.25) is 0 Å². The predicted molar refractivity (Wildman–Crippen MR) is 100.0 cm³/mol. The molecule has 1 aliphatic heterocycles. The zero-order valence-electron chi connectivity index (χ0n) is 13.7. The number of hydrogen-bond donors (Lipinski definition) is 2. The maximum atomic E-state index is 12.6. The molecule has 0 saturated carbocycles. The molecular formula is C16H13F3N6S2. The Kier molecular flexibility index (Phi) is 4.79. The number of aliphatic imine (C=N–C) groups is 1. The van der Waals surface area contributed by atoms with Gasteiger partial charge in [0.1, 0.15) is 22.1 Å². The van der Waals surface area contributed by atoms with E-state index in [-0.39, 0.29) is 0 Å². The van der Waals surface area contributed by atoms with E-state index in [0.717, 1.165) is 25.6 Å². The van der Waals surface area contributed by atoms with Gasteiger partial charge in [-0.05, 0) is 18.6 Å². The number of guanidine groups is 1. The number of anilines is 1. The minimum absolute atomic E-state index is 0.536. The Balaban J connectivity index is 1.50. The van der Waals surface area contributed by atoms with Gasteiger partial charge in [-0.25, -0.2) is 9.97 Å². The fourth-order valence-electron chi connectivity index (χ4n) is 2.38. The summed E-state index contributed by atoms with van der Waals surface area (Å²) in [5.74, 6) is 0.706. The molecule has 0 amide bonds. The average Bonchev–Trinajstić information content (AvgIpc) is 3.31. The second-order valence-corrected chi connectivity index (χ2v) is 7.36. The number of hydrogen-bond acceptors (Lipinski definition) is 8. The highest BCUT2D eigenvalue weighted by molar-refractivity contribution is 7.14. The van der Waals surface area contributed by atoms with Gasteiger partial charge in [-0.1, -0.05) is 0 Å². The molecular weight excluding hydrogens is 397 g/mol. The van der Waals surface area contributed by atoms with Gasteiger partial charge in [-0.2, -0.15) is 13.2 Å². The summed E-state index contributed by atoms with van der Waals surface area (Å²) in [6.45, 7) is 1.66. The third kappa shape index (κ3) is 4.08. The van der Waals surface area contributed by atoms with Crippen molar-refractivity contribution in [1.29, 1.82) is 0 Å². The Bertz CT molecular complexity index is 961. The van der Waals surface area contributed by atoms with Crippen LogP contribution in [0.1, 0.15) is 12.1 Å². The minimum atomic E-state index is -4.45. The van der Waals surface area contributed by atoms with E-state index in [9.17, 15) is 13.2 Å². The lowest BCUT2D eigenvalue weighted by molar-refractivity contribution is -0.141. The van der Waals surface area contributed by atoms with E-state index in [4.69, 9.17) is 0 Å². The second-order valence-electron chi connectivity index (χ2n) is 5.64. The largest absolute Gasteiger partial charge is 0.433 e. The molecule has 27 heavy (non-hydrogen) atoms. The van der Waals surface area contributed by atoms with Crippen LogP contribution in [0.25, 0.3) is 22.0 Å². The predicted octanol–water partition coefficient (Wildman–Crippen LogP) is 4.11. The van der Waals surface area contributed by atoms with Crippen molar-refractivity contribution in [3.8, 4) is 22.0 Å². The van der Waals surface area contributed by atoms with Crippen molar-refractivity contribution in [1.82, 2.24) is 20.3 Å². The first kappa shape index (κ1) is 17.9.